The zero-order valence-corrected chi connectivity index (χ0v) is 19.4. The van der Waals surface area contributed by atoms with Gasteiger partial charge in [0.15, 0.2) is 11.0 Å². The third-order valence-corrected chi connectivity index (χ3v) is 5.65. The van der Waals surface area contributed by atoms with E-state index in [9.17, 15) is 4.79 Å². The van der Waals surface area contributed by atoms with Crippen molar-refractivity contribution in [2.24, 2.45) is 5.92 Å². The molecule has 0 saturated heterocycles. The number of anilines is 1. The third kappa shape index (κ3) is 6.33. The topological polar surface area (TPSA) is 95.1 Å². The Morgan fingerprint density at radius 1 is 1.23 bits per heavy atom. The number of carbonyl (C=O) groups excluding carboxylic acids is 1. The molecule has 0 radical (unpaired) electrons. The number of hydrogen-bond donors (Lipinski definition) is 1. The summed E-state index contributed by atoms with van der Waals surface area (Å²) in [6, 6.07) is 9.74. The van der Waals surface area contributed by atoms with E-state index < -0.39 is 5.25 Å². The first-order chi connectivity index (χ1) is 14.9. The van der Waals surface area contributed by atoms with Crippen LogP contribution in [0.25, 0.3) is 0 Å². The average Bonchev–Trinajstić information content (AvgIpc) is 3.32. The molecule has 9 heteroatoms. The highest BCUT2D eigenvalue weighted by Gasteiger charge is 2.22. The van der Waals surface area contributed by atoms with E-state index in [0.717, 1.165) is 24.5 Å². The van der Waals surface area contributed by atoms with Crippen molar-refractivity contribution in [3.05, 3.63) is 47.4 Å². The van der Waals surface area contributed by atoms with Crippen LogP contribution in [0.3, 0.4) is 0 Å². The fraction of sp³-hybridized carbons (Fsp3) is 0.455. The van der Waals surface area contributed by atoms with Gasteiger partial charge in [0.05, 0.1) is 10.9 Å². The van der Waals surface area contributed by atoms with E-state index in [1.807, 2.05) is 23.6 Å². The van der Waals surface area contributed by atoms with E-state index in [0.29, 0.717) is 29.3 Å². The zero-order chi connectivity index (χ0) is 22.4. The van der Waals surface area contributed by atoms with Crippen molar-refractivity contribution in [3.63, 3.8) is 0 Å². The van der Waals surface area contributed by atoms with Crippen LogP contribution >= 0.6 is 11.8 Å². The second-order valence-electron chi connectivity index (χ2n) is 7.77. The molecule has 1 aromatic carbocycles. The lowest BCUT2D eigenvalue weighted by Crippen LogP contribution is -2.23. The molecule has 0 saturated carbocycles. The Labute approximate surface area is 186 Å². The van der Waals surface area contributed by atoms with Crippen LogP contribution in [0, 0.1) is 12.8 Å². The number of carbonyl (C=O) groups is 1. The molecule has 2 heterocycles. The molecule has 1 unspecified atom stereocenters. The lowest BCUT2D eigenvalue weighted by atomic mass is 10.2. The number of nitrogens with one attached hydrogen (secondary N) is 1. The first-order valence-electron chi connectivity index (χ1n) is 10.4. The Morgan fingerprint density at radius 2 is 1.97 bits per heavy atom. The molecule has 1 N–H and O–H groups in total. The Hall–Kier alpha value is -2.81. The van der Waals surface area contributed by atoms with Gasteiger partial charge in [-0.25, -0.2) is 0 Å². The highest BCUT2D eigenvalue weighted by molar-refractivity contribution is 8.00. The molecule has 8 nitrogen and oxygen atoms in total. The molecule has 1 atom stereocenters. The van der Waals surface area contributed by atoms with Gasteiger partial charge in [-0.15, -0.1) is 10.2 Å². The number of rotatable bonds is 10. The monoisotopic (exact) mass is 443 g/mol. The van der Waals surface area contributed by atoms with E-state index in [2.05, 4.69) is 53.6 Å². The summed E-state index contributed by atoms with van der Waals surface area (Å²) < 4.78 is 13.0. The molecule has 31 heavy (non-hydrogen) atoms. The summed E-state index contributed by atoms with van der Waals surface area (Å²) in [6.45, 7) is 11.0. The Bertz CT molecular complexity index is 997. The van der Waals surface area contributed by atoms with Crippen molar-refractivity contribution in [1.29, 1.82) is 0 Å². The van der Waals surface area contributed by atoms with E-state index >= 15 is 0 Å². The number of aryl methyl sites for hydroxylation is 2. The molecule has 166 valence electrons. The standard InChI is InChI=1S/C22H29N5O3S/c1-6-17-7-9-18(10-8-17)29-13-19-24-25-22(27(19)12-14(2)3)31-16(5)21(28)23-20-11-15(4)26-30-20/h7-11,14,16H,6,12-13H2,1-5H3,(H,23,28). The molecule has 0 bridgehead atoms. The predicted octanol–water partition coefficient (Wildman–Crippen LogP) is 4.49. The Balaban J connectivity index is 1.67. The van der Waals surface area contributed by atoms with E-state index in [-0.39, 0.29) is 5.91 Å². The largest absolute Gasteiger partial charge is 0.486 e. The Morgan fingerprint density at radius 3 is 2.58 bits per heavy atom. The first-order valence-corrected chi connectivity index (χ1v) is 11.3. The first kappa shape index (κ1) is 22.9. The molecule has 2 aromatic heterocycles. The van der Waals surface area contributed by atoms with Crippen molar-refractivity contribution < 1.29 is 14.1 Å². The van der Waals surface area contributed by atoms with Gasteiger partial charge in [-0.05, 0) is 43.9 Å². The molecule has 1 amide bonds. The van der Waals surface area contributed by atoms with Gasteiger partial charge in [0, 0.05) is 12.6 Å². The molecule has 3 rings (SSSR count). The second kappa shape index (κ2) is 10.5. The molecular weight excluding hydrogens is 414 g/mol. The molecule has 0 fully saturated rings. The number of benzene rings is 1. The van der Waals surface area contributed by atoms with Crippen LogP contribution in [0.5, 0.6) is 5.75 Å². The van der Waals surface area contributed by atoms with Crippen molar-refractivity contribution in [1.82, 2.24) is 19.9 Å². The number of aromatic nitrogens is 4. The lowest BCUT2D eigenvalue weighted by Gasteiger charge is -2.15. The second-order valence-corrected chi connectivity index (χ2v) is 9.08. The van der Waals surface area contributed by atoms with Crippen LogP contribution in [0.4, 0.5) is 5.88 Å². The minimum atomic E-state index is -0.393. The number of nitrogens with zero attached hydrogens (tertiary/aromatic N) is 4. The molecule has 0 spiro atoms. The fourth-order valence-electron chi connectivity index (χ4n) is 2.89. The maximum Gasteiger partial charge on any atom is 0.240 e. The van der Waals surface area contributed by atoms with Gasteiger partial charge in [-0.1, -0.05) is 49.8 Å². The molecule has 0 aliphatic heterocycles. The smallest absolute Gasteiger partial charge is 0.240 e. The molecule has 0 aliphatic rings. The van der Waals surface area contributed by atoms with Crippen LogP contribution in [0.15, 0.2) is 40.0 Å². The fourth-order valence-corrected chi connectivity index (χ4v) is 3.77. The summed E-state index contributed by atoms with van der Waals surface area (Å²) in [7, 11) is 0. The molecule has 3 aromatic rings. The van der Waals surface area contributed by atoms with Crippen LogP contribution in [-0.4, -0.2) is 31.1 Å². The van der Waals surface area contributed by atoms with E-state index in [4.69, 9.17) is 9.26 Å². The minimum absolute atomic E-state index is 0.186. The highest BCUT2D eigenvalue weighted by Crippen LogP contribution is 2.25. The number of amides is 1. The van der Waals surface area contributed by atoms with Gasteiger partial charge < -0.3 is 13.8 Å². The summed E-state index contributed by atoms with van der Waals surface area (Å²) in [6.07, 6.45) is 0.991. The third-order valence-electron chi connectivity index (χ3n) is 4.57. The maximum atomic E-state index is 12.5. The van der Waals surface area contributed by atoms with Gasteiger partial charge >= 0.3 is 0 Å². The summed E-state index contributed by atoms with van der Waals surface area (Å²) in [5, 5.41) is 15.5. The number of thioether (sulfide) groups is 1. The molecular formula is C22H29N5O3S. The van der Waals surface area contributed by atoms with Gasteiger partial charge in [-0.2, -0.15) is 0 Å². The zero-order valence-electron chi connectivity index (χ0n) is 18.6. The van der Waals surface area contributed by atoms with Gasteiger partial charge in [0.1, 0.15) is 12.4 Å². The van der Waals surface area contributed by atoms with Crippen molar-refractivity contribution in [3.8, 4) is 5.75 Å². The highest BCUT2D eigenvalue weighted by atomic mass is 32.2. The summed E-state index contributed by atoms with van der Waals surface area (Å²) >= 11 is 1.35. The average molecular weight is 444 g/mol. The minimum Gasteiger partial charge on any atom is -0.486 e. The van der Waals surface area contributed by atoms with Crippen molar-refractivity contribution in [2.45, 2.75) is 64.6 Å². The SMILES string of the molecule is CCc1ccc(OCc2nnc(SC(C)C(=O)Nc3cc(C)no3)n2CC(C)C)cc1. The lowest BCUT2D eigenvalue weighted by molar-refractivity contribution is -0.115. The predicted molar refractivity (Wildman–Crippen MR) is 120 cm³/mol. The van der Waals surface area contributed by atoms with E-state index in [1.165, 1.54) is 17.3 Å². The Kier molecular flexibility index (Phi) is 7.73. The van der Waals surface area contributed by atoms with Crippen LogP contribution in [-0.2, 0) is 24.4 Å². The number of hydrogen-bond acceptors (Lipinski definition) is 7. The van der Waals surface area contributed by atoms with Crippen molar-refractivity contribution in [2.75, 3.05) is 5.32 Å². The maximum absolute atomic E-state index is 12.5. The summed E-state index contributed by atoms with van der Waals surface area (Å²) in [4.78, 5) is 12.5. The van der Waals surface area contributed by atoms with Crippen molar-refractivity contribution >= 4 is 23.6 Å². The van der Waals surface area contributed by atoms with Crippen LogP contribution in [0.1, 0.15) is 44.8 Å². The van der Waals surface area contributed by atoms with Gasteiger partial charge in [-0.3, -0.25) is 10.1 Å². The summed E-state index contributed by atoms with van der Waals surface area (Å²) in [5.41, 5.74) is 1.98. The molecule has 0 aliphatic carbocycles. The van der Waals surface area contributed by atoms with Crippen LogP contribution in [0.2, 0.25) is 0 Å². The quantitative estimate of drug-likeness (QED) is 0.461. The van der Waals surface area contributed by atoms with E-state index in [1.54, 1.807) is 13.0 Å². The number of ether oxygens (including phenoxy) is 1. The normalized spacial score (nSPS) is 12.2. The van der Waals surface area contributed by atoms with Gasteiger partial charge in [0.2, 0.25) is 11.8 Å². The van der Waals surface area contributed by atoms with Gasteiger partial charge in [0.25, 0.3) is 0 Å². The van der Waals surface area contributed by atoms with Crippen LogP contribution < -0.4 is 10.1 Å². The summed E-state index contributed by atoms with van der Waals surface area (Å²) in [5.74, 6) is 2.06.